The van der Waals surface area contributed by atoms with E-state index in [2.05, 4.69) is 10.6 Å². The first-order valence-electron chi connectivity index (χ1n) is 12.6. The summed E-state index contributed by atoms with van der Waals surface area (Å²) in [6, 6.07) is 17.6. The van der Waals surface area contributed by atoms with Crippen LogP contribution in [0.2, 0.25) is 0 Å². The highest BCUT2D eigenvalue weighted by Gasteiger charge is 2.28. The minimum Gasteiger partial charge on any atom is -0.481 e. The summed E-state index contributed by atoms with van der Waals surface area (Å²) in [6.07, 6.45) is 0.992. The van der Waals surface area contributed by atoms with E-state index in [9.17, 15) is 29.1 Å². The van der Waals surface area contributed by atoms with E-state index < -0.39 is 35.7 Å². The fourth-order valence-electron chi connectivity index (χ4n) is 4.07. The van der Waals surface area contributed by atoms with Crippen LogP contribution in [0.4, 0.5) is 0 Å². The van der Waals surface area contributed by atoms with Crippen LogP contribution < -0.4 is 10.6 Å². The number of hydrogen-bond acceptors (Lipinski definition) is 5. The van der Waals surface area contributed by atoms with Crippen molar-refractivity contribution in [1.29, 1.82) is 0 Å². The number of carboxylic acids is 1. The Bertz CT molecular complexity index is 1050. The fourth-order valence-corrected chi connectivity index (χ4v) is 4.07. The lowest BCUT2D eigenvalue weighted by Gasteiger charge is -2.22. The summed E-state index contributed by atoms with van der Waals surface area (Å²) in [5, 5.41) is 14.6. The van der Waals surface area contributed by atoms with Crippen LogP contribution in [0.3, 0.4) is 0 Å². The van der Waals surface area contributed by atoms with Crippen LogP contribution in [0.5, 0.6) is 0 Å². The predicted octanol–water partition coefficient (Wildman–Crippen LogP) is 3.13. The smallest absolute Gasteiger partial charge is 0.306 e. The molecule has 8 nitrogen and oxygen atoms in total. The van der Waals surface area contributed by atoms with Crippen LogP contribution in [-0.4, -0.2) is 47.0 Å². The molecule has 3 N–H and O–H groups in total. The highest BCUT2D eigenvalue weighted by atomic mass is 16.4. The molecule has 0 spiro atoms. The van der Waals surface area contributed by atoms with E-state index in [4.69, 9.17) is 0 Å². The molecule has 2 aromatic rings. The van der Waals surface area contributed by atoms with Gasteiger partial charge >= 0.3 is 5.97 Å². The van der Waals surface area contributed by atoms with E-state index in [0.717, 1.165) is 11.1 Å². The second-order valence-corrected chi connectivity index (χ2v) is 9.27. The molecule has 198 valence electrons. The van der Waals surface area contributed by atoms with Crippen LogP contribution in [0.25, 0.3) is 0 Å². The third-order valence-electron chi connectivity index (χ3n) is 6.22. The third kappa shape index (κ3) is 10.8. The van der Waals surface area contributed by atoms with Gasteiger partial charge in [0.1, 0.15) is 5.78 Å². The summed E-state index contributed by atoms with van der Waals surface area (Å²) in [6.45, 7) is 3.00. The second-order valence-electron chi connectivity index (χ2n) is 9.27. The molecule has 0 bridgehead atoms. The maximum Gasteiger partial charge on any atom is 0.306 e. The average molecular weight is 509 g/mol. The van der Waals surface area contributed by atoms with Crippen LogP contribution in [0.15, 0.2) is 60.7 Å². The Morgan fingerprint density at radius 3 is 1.92 bits per heavy atom. The molecule has 0 aliphatic heterocycles. The van der Waals surface area contributed by atoms with Crippen LogP contribution in [-0.2, 0) is 36.8 Å². The molecule has 0 fully saturated rings. The lowest BCUT2D eigenvalue weighted by molar-refractivity contribution is -0.142. The Hall–Kier alpha value is -3.81. The maximum atomic E-state index is 13.5. The van der Waals surface area contributed by atoms with E-state index in [-0.39, 0.29) is 43.8 Å². The van der Waals surface area contributed by atoms with Gasteiger partial charge < -0.3 is 15.7 Å². The van der Waals surface area contributed by atoms with Gasteiger partial charge in [-0.15, -0.1) is 0 Å². The van der Waals surface area contributed by atoms with Crippen LogP contribution >= 0.6 is 0 Å². The molecule has 0 saturated heterocycles. The van der Waals surface area contributed by atoms with Crippen molar-refractivity contribution in [2.45, 2.75) is 58.4 Å². The van der Waals surface area contributed by atoms with Gasteiger partial charge in [-0.25, -0.2) is 0 Å². The van der Waals surface area contributed by atoms with Crippen LogP contribution in [0.1, 0.15) is 50.7 Å². The number of Topliss-reactive ketones (excluding diaryl/α,β-unsaturated/α-hetero) is 2. The topological polar surface area (TPSA) is 130 Å². The van der Waals surface area contributed by atoms with Gasteiger partial charge in [0.15, 0.2) is 5.78 Å². The zero-order chi connectivity index (χ0) is 27.2. The first kappa shape index (κ1) is 29.4. The Balaban J connectivity index is 2.18. The molecule has 0 aliphatic carbocycles. The van der Waals surface area contributed by atoms with Crippen molar-refractivity contribution in [2.24, 2.45) is 11.8 Å². The van der Waals surface area contributed by atoms with E-state index in [1.807, 2.05) is 60.7 Å². The Morgan fingerprint density at radius 2 is 1.41 bits per heavy atom. The first-order valence-corrected chi connectivity index (χ1v) is 12.6. The van der Waals surface area contributed by atoms with Crippen molar-refractivity contribution < 1.29 is 29.1 Å². The van der Waals surface area contributed by atoms with Crippen molar-refractivity contribution in [1.82, 2.24) is 10.6 Å². The van der Waals surface area contributed by atoms with Gasteiger partial charge in [0.25, 0.3) is 0 Å². The van der Waals surface area contributed by atoms with E-state index in [0.29, 0.717) is 12.8 Å². The SMILES string of the molecule is CC[C@@H](CCC(=O)N[C@@H](Cc1ccccc1)C(=O)C[C@@H](Cc1ccccc1)C(=O)NCC(C)=O)C(=O)O. The Kier molecular flexibility index (Phi) is 12.2. The summed E-state index contributed by atoms with van der Waals surface area (Å²) in [5.41, 5.74) is 1.72. The molecule has 37 heavy (non-hydrogen) atoms. The molecule has 3 atom stereocenters. The number of carbonyl (C=O) groups excluding carboxylic acids is 4. The summed E-state index contributed by atoms with van der Waals surface area (Å²) < 4.78 is 0. The molecule has 2 aromatic carbocycles. The first-order chi connectivity index (χ1) is 17.7. The standard InChI is InChI=1S/C29H36N2O6/c1-3-23(29(36)37)14-15-27(34)31-25(17-22-12-8-5-9-13-22)26(33)18-24(28(35)30-19-20(2)32)16-21-10-6-4-7-11-21/h4-13,23-25H,3,14-19H2,1-2H3,(H,30,35)(H,31,34)(H,36,37)/t23-,24+,25-/m0/s1. The minimum atomic E-state index is -0.951. The number of amides is 2. The number of benzene rings is 2. The number of rotatable bonds is 16. The average Bonchev–Trinajstić information content (AvgIpc) is 2.87. The van der Waals surface area contributed by atoms with Gasteiger partial charge in [0, 0.05) is 18.8 Å². The Labute approximate surface area is 217 Å². The van der Waals surface area contributed by atoms with Gasteiger partial charge in [0.2, 0.25) is 11.8 Å². The summed E-state index contributed by atoms with van der Waals surface area (Å²) in [7, 11) is 0. The quantitative estimate of drug-likeness (QED) is 0.319. The zero-order valence-corrected chi connectivity index (χ0v) is 21.4. The van der Waals surface area contributed by atoms with Gasteiger partial charge in [-0.2, -0.15) is 0 Å². The number of nitrogens with one attached hydrogen (secondary N) is 2. The molecule has 0 saturated carbocycles. The summed E-state index contributed by atoms with van der Waals surface area (Å²) in [5.74, 6) is -3.61. The van der Waals surface area contributed by atoms with E-state index in [1.165, 1.54) is 6.92 Å². The number of carbonyl (C=O) groups is 5. The van der Waals surface area contributed by atoms with Gasteiger partial charge in [-0.3, -0.25) is 24.0 Å². The highest BCUT2D eigenvalue weighted by molar-refractivity contribution is 5.93. The van der Waals surface area contributed by atoms with Crippen molar-refractivity contribution in [3.05, 3.63) is 71.8 Å². The minimum absolute atomic E-state index is 0.0179. The molecule has 2 rings (SSSR count). The predicted molar refractivity (Wildman–Crippen MR) is 140 cm³/mol. The molecule has 0 aliphatic rings. The molecular weight excluding hydrogens is 472 g/mol. The zero-order valence-electron chi connectivity index (χ0n) is 21.4. The third-order valence-corrected chi connectivity index (χ3v) is 6.22. The lowest BCUT2D eigenvalue weighted by Crippen LogP contribution is -2.45. The van der Waals surface area contributed by atoms with Gasteiger partial charge in [-0.1, -0.05) is 67.6 Å². The molecule has 2 amide bonds. The molecule has 0 radical (unpaired) electrons. The molecule has 0 unspecified atom stereocenters. The summed E-state index contributed by atoms with van der Waals surface area (Å²) in [4.78, 5) is 61.8. The number of ketones is 2. The molecule has 0 heterocycles. The number of carboxylic acid groups (broad SMARTS) is 1. The van der Waals surface area contributed by atoms with Crippen molar-refractivity contribution >= 4 is 29.4 Å². The van der Waals surface area contributed by atoms with E-state index >= 15 is 0 Å². The van der Waals surface area contributed by atoms with E-state index in [1.54, 1.807) is 6.92 Å². The van der Waals surface area contributed by atoms with Crippen molar-refractivity contribution in [3.8, 4) is 0 Å². The monoisotopic (exact) mass is 508 g/mol. The summed E-state index contributed by atoms with van der Waals surface area (Å²) >= 11 is 0. The fraction of sp³-hybridized carbons (Fsp3) is 0.414. The normalized spacial score (nSPS) is 13.1. The Morgan fingerprint density at radius 1 is 0.838 bits per heavy atom. The van der Waals surface area contributed by atoms with Crippen molar-refractivity contribution in [3.63, 3.8) is 0 Å². The number of hydrogen-bond donors (Lipinski definition) is 3. The maximum absolute atomic E-state index is 13.5. The lowest BCUT2D eigenvalue weighted by atomic mass is 9.89. The molecular formula is C29H36N2O6. The molecule has 0 aromatic heterocycles. The van der Waals surface area contributed by atoms with Gasteiger partial charge in [0.05, 0.1) is 18.5 Å². The highest BCUT2D eigenvalue weighted by Crippen LogP contribution is 2.17. The largest absolute Gasteiger partial charge is 0.481 e. The van der Waals surface area contributed by atoms with Gasteiger partial charge in [-0.05, 0) is 43.7 Å². The van der Waals surface area contributed by atoms with Crippen LogP contribution in [0, 0.1) is 11.8 Å². The van der Waals surface area contributed by atoms with Crippen molar-refractivity contribution in [2.75, 3.05) is 6.54 Å². The molecule has 8 heteroatoms. The second kappa shape index (κ2) is 15.3. The number of aliphatic carboxylic acids is 1.